The van der Waals surface area contributed by atoms with Crippen molar-refractivity contribution in [3.8, 4) is 0 Å². The van der Waals surface area contributed by atoms with E-state index in [4.69, 9.17) is 10.9 Å². The van der Waals surface area contributed by atoms with Gasteiger partial charge in [0, 0.05) is 6.54 Å². The van der Waals surface area contributed by atoms with Crippen molar-refractivity contribution in [3.05, 3.63) is 0 Å². The Bertz CT molecular complexity index is 61.3. The molecule has 0 atom stereocenters. The van der Waals surface area contributed by atoms with Gasteiger partial charge in [-0.15, -0.1) is 0 Å². The van der Waals surface area contributed by atoms with Crippen molar-refractivity contribution in [1.29, 1.82) is 10.9 Å². The molecule has 0 saturated heterocycles. The molecule has 0 aromatic rings. The fourth-order valence-corrected chi connectivity index (χ4v) is 0.191. The summed E-state index contributed by atoms with van der Waals surface area (Å²) in [6.45, 7) is 2.41. The van der Waals surface area contributed by atoms with Crippen molar-refractivity contribution in [2.24, 2.45) is 5.22 Å². The predicted octanol–water partition coefficient (Wildman–Crippen LogP) is 0.861. The molecule has 4 nitrogen and oxygen atoms in total. The maximum absolute atomic E-state index is 6.55. The molecule has 0 fully saturated rings. The summed E-state index contributed by atoms with van der Waals surface area (Å²) >= 11 is 0. The zero-order valence-electron chi connectivity index (χ0n) is 4.18. The number of nitrogens with one attached hydrogen (secondary N) is 2. The van der Waals surface area contributed by atoms with Crippen molar-refractivity contribution in [2.75, 3.05) is 6.54 Å². The van der Waals surface area contributed by atoms with E-state index in [0.717, 1.165) is 6.34 Å². The van der Waals surface area contributed by atoms with E-state index in [-0.39, 0.29) is 0 Å². The number of nitrogens with zero attached hydrogens (tertiary/aromatic N) is 2. The monoisotopic (exact) mass is 100 g/mol. The molecule has 0 saturated carbocycles. The van der Waals surface area contributed by atoms with Crippen LogP contribution in [0.3, 0.4) is 0 Å². The van der Waals surface area contributed by atoms with Gasteiger partial charge in [-0.3, -0.25) is 5.41 Å². The summed E-state index contributed by atoms with van der Waals surface area (Å²) in [6, 6.07) is 0. The molecule has 0 heterocycles. The van der Waals surface area contributed by atoms with E-state index >= 15 is 0 Å². The Labute approximate surface area is 42.1 Å². The molecule has 0 bridgehead atoms. The summed E-state index contributed by atoms with van der Waals surface area (Å²) in [6.07, 6.45) is 1.01. The molecule has 0 radical (unpaired) electrons. The lowest BCUT2D eigenvalue weighted by atomic mass is 10.7. The number of rotatable bonds is 3. The second-order valence-electron chi connectivity index (χ2n) is 0.985. The highest BCUT2D eigenvalue weighted by atomic mass is 15.5. The van der Waals surface area contributed by atoms with E-state index in [1.165, 1.54) is 5.01 Å². The third kappa shape index (κ3) is 1.86. The van der Waals surface area contributed by atoms with Crippen LogP contribution in [0, 0.1) is 10.9 Å². The predicted molar refractivity (Wildman–Crippen MR) is 26.3 cm³/mol. The fraction of sp³-hybridized carbons (Fsp3) is 0.667. The van der Waals surface area contributed by atoms with Crippen molar-refractivity contribution >= 4 is 6.34 Å². The molecule has 0 aliphatic rings. The Morgan fingerprint density at radius 2 is 2.43 bits per heavy atom. The molecule has 0 aliphatic carbocycles. The topological polar surface area (TPSA) is 63.3 Å². The maximum Gasteiger partial charge on any atom is 0.105 e. The molecule has 0 aliphatic heterocycles. The Kier molecular flexibility index (Phi) is 2.83. The Morgan fingerprint density at radius 3 is 2.43 bits per heavy atom. The molecule has 0 unspecified atom stereocenters. The lowest BCUT2D eigenvalue weighted by Gasteiger charge is -2.02. The van der Waals surface area contributed by atoms with E-state index in [0.29, 0.717) is 6.54 Å². The quantitative estimate of drug-likeness (QED) is 0.235. The van der Waals surface area contributed by atoms with E-state index in [2.05, 4.69) is 5.22 Å². The van der Waals surface area contributed by atoms with Gasteiger partial charge in [0.05, 0.1) is 0 Å². The van der Waals surface area contributed by atoms with Gasteiger partial charge in [0.1, 0.15) is 6.34 Å². The minimum absolute atomic E-state index is 0.590. The maximum atomic E-state index is 6.55. The molecular weight excluding hydrogens is 92.1 g/mol. The largest absolute Gasteiger partial charge is 0.290 e. The van der Waals surface area contributed by atoms with Gasteiger partial charge in [-0.25, -0.2) is 5.01 Å². The van der Waals surface area contributed by atoms with Crippen LogP contribution in [0.15, 0.2) is 5.22 Å². The van der Waals surface area contributed by atoms with Gasteiger partial charge in [0.2, 0.25) is 0 Å². The molecule has 0 aromatic carbocycles. The summed E-state index contributed by atoms with van der Waals surface area (Å²) in [5.74, 6) is 0. The van der Waals surface area contributed by atoms with Crippen LogP contribution >= 0.6 is 0 Å². The van der Waals surface area contributed by atoms with Crippen molar-refractivity contribution in [1.82, 2.24) is 5.01 Å². The molecular formula is C3H8N4. The van der Waals surface area contributed by atoms with Crippen LogP contribution in [0.2, 0.25) is 0 Å². The molecule has 0 aromatic heterocycles. The van der Waals surface area contributed by atoms with Gasteiger partial charge in [0.15, 0.2) is 0 Å². The lowest BCUT2D eigenvalue weighted by molar-refractivity contribution is 0.436. The first kappa shape index (κ1) is 6.07. The van der Waals surface area contributed by atoms with Gasteiger partial charge in [0.25, 0.3) is 0 Å². The summed E-state index contributed by atoms with van der Waals surface area (Å²) in [5, 5.41) is 10.7. The van der Waals surface area contributed by atoms with Crippen LogP contribution < -0.4 is 0 Å². The molecule has 2 N–H and O–H groups in total. The van der Waals surface area contributed by atoms with E-state index in [1.807, 2.05) is 6.92 Å². The highest BCUT2D eigenvalue weighted by molar-refractivity contribution is 5.49. The van der Waals surface area contributed by atoms with Crippen molar-refractivity contribution in [3.63, 3.8) is 0 Å². The van der Waals surface area contributed by atoms with Crippen LogP contribution in [0.25, 0.3) is 0 Å². The van der Waals surface area contributed by atoms with Crippen LogP contribution in [-0.4, -0.2) is 17.9 Å². The van der Waals surface area contributed by atoms with Gasteiger partial charge in [-0.2, -0.15) is 5.53 Å². The first-order valence-corrected chi connectivity index (χ1v) is 1.99. The van der Waals surface area contributed by atoms with Gasteiger partial charge in [-0.1, -0.05) is 5.22 Å². The highest BCUT2D eigenvalue weighted by Gasteiger charge is 1.83. The van der Waals surface area contributed by atoms with E-state index in [1.54, 1.807) is 0 Å². The van der Waals surface area contributed by atoms with Crippen molar-refractivity contribution < 1.29 is 0 Å². The summed E-state index contributed by atoms with van der Waals surface area (Å²) in [5.41, 5.74) is 6.36. The van der Waals surface area contributed by atoms with Crippen molar-refractivity contribution in [2.45, 2.75) is 6.92 Å². The van der Waals surface area contributed by atoms with E-state index < -0.39 is 0 Å². The summed E-state index contributed by atoms with van der Waals surface area (Å²) in [7, 11) is 0. The Balaban J connectivity index is 3.36. The average Bonchev–Trinajstić information content (AvgIpc) is 1.72. The summed E-state index contributed by atoms with van der Waals surface area (Å²) < 4.78 is 0. The first-order chi connectivity index (χ1) is 3.35. The molecule has 0 spiro atoms. The first-order valence-electron chi connectivity index (χ1n) is 1.99. The molecule has 7 heavy (non-hydrogen) atoms. The van der Waals surface area contributed by atoms with Crippen LogP contribution in [0.4, 0.5) is 0 Å². The molecule has 0 amide bonds. The second kappa shape index (κ2) is 3.27. The number of hydrogen-bond donors (Lipinski definition) is 2. The van der Waals surface area contributed by atoms with Crippen LogP contribution in [0.5, 0.6) is 0 Å². The zero-order valence-corrected chi connectivity index (χ0v) is 4.18. The van der Waals surface area contributed by atoms with Crippen LogP contribution in [-0.2, 0) is 0 Å². The SMILES string of the molecule is CCN(C=N)N=N. The smallest absolute Gasteiger partial charge is 0.105 e. The minimum Gasteiger partial charge on any atom is -0.290 e. The molecule has 4 heteroatoms. The highest BCUT2D eigenvalue weighted by Crippen LogP contribution is 1.77. The lowest BCUT2D eigenvalue weighted by Crippen LogP contribution is -2.11. The third-order valence-electron chi connectivity index (χ3n) is 0.601. The second-order valence-corrected chi connectivity index (χ2v) is 0.985. The van der Waals surface area contributed by atoms with E-state index in [9.17, 15) is 0 Å². The molecule has 0 rings (SSSR count). The molecule has 40 valence electrons. The van der Waals surface area contributed by atoms with Gasteiger partial charge >= 0.3 is 0 Å². The van der Waals surface area contributed by atoms with Gasteiger partial charge in [-0.05, 0) is 6.92 Å². The third-order valence-corrected chi connectivity index (χ3v) is 0.601. The normalized spacial score (nSPS) is 7.57. The average molecular weight is 100 g/mol. The Morgan fingerprint density at radius 1 is 1.86 bits per heavy atom. The zero-order chi connectivity index (χ0) is 5.70. The standard InChI is InChI=1S/C3H8N4/c1-2-7(3-4)6-5/h3-5H,2H2,1H3. The van der Waals surface area contributed by atoms with Gasteiger partial charge < -0.3 is 0 Å². The fourth-order valence-electron chi connectivity index (χ4n) is 0.191. The van der Waals surface area contributed by atoms with Crippen LogP contribution in [0.1, 0.15) is 6.92 Å². The minimum atomic E-state index is 0.590. The number of hydrogen-bond acceptors (Lipinski definition) is 3. The summed E-state index contributed by atoms with van der Waals surface area (Å²) in [4.78, 5) is 0. The Hall–Kier alpha value is -0.930.